The second-order valence-corrected chi connectivity index (χ2v) is 5.13. The van der Waals surface area contributed by atoms with Crippen molar-refractivity contribution >= 4 is 22.8 Å². The molecular formula is C15H17N7O2. The van der Waals surface area contributed by atoms with Gasteiger partial charge < -0.3 is 0 Å². The van der Waals surface area contributed by atoms with Gasteiger partial charge in [0.2, 0.25) is 11.9 Å². The van der Waals surface area contributed by atoms with E-state index < -0.39 is 5.91 Å². The minimum Gasteiger partial charge on any atom is -0.293 e. The van der Waals surface area contributed by atoms with E-state index in [-0.39, 0.29) is 18.1 Å². The van der Waals surface area contributed by atoms with Crippen LogP contribution in [0.1, 0.15) is 19.5 Å². The molecule has 9 nitrogen and oxygen atoms in total. The first-order valence-corrected chi connectivity index (χ1v) is 7.66. The number of rotatable bonds is 5. The number of hydrogen-bond acceptors (Lipinski definition) is 6. The Balaban J connectivity index is 1.93. The van der Waals surface area contributed by atoms with Crippen LogP contribution in [0.4, 0.5) is 5.95 Å². The zero-order valence-electron chi connectivity index (χ0n) is 13.4. The minimum atomic E-state index is -0.417. The molecule has 0 atom stereocenters. The van der Waals surface area contributed by atoms with Gasteiger partial charge in [-0.25, -0.2) is 14.6 Å². The highest BCUT2D eigenvalue weighted by Crippen LogP contribution is 2.12. The molecule has 0 bridgehead atoms. The lowest BCUT2D eigenvalue weighted by Crippen LogP contribution is -2.30. The van der Waals surface area contributed by atoms with Crippen LogP contribution in [0.25, 0.3) is 10.9 Å². The second kappa shape index (κ2) is 6.57. The largest absolute Gasteiger partial charge is 0.293 e. The first kappa shape index (κ1) is 15.8. The molecule has 3 rings (SSSR count). The highest BCUT2D eigenvalue weighted by molar-refractivity contribution is 5.89. The lowest BCUT2D eigenvalue weighted by Gasteiger charge is -2.07. The monoisotopic (exact) mass is 327 g/mol. The van der Waals surface area contributed by atoms with Crippen molar-refractivity contribution in [1.29, 1.82) is 0 Å². The zero-order valence-corrected chi connectivity index (χ0v) is 13.4. The van der Waals surface area contributed by atoms with Crippen LogP contribution in [0.3, 0.4) is 0 Å². The van der Waals surface area contributed by atoms with Gasteiger partial charge in [0.1, 0.15) is 12.1 Å². The summed E-state index contributed by atoms with van der Waals surface area (Å²) in [7, 11) is 0. The van der Waals surface area contributed by atoms with Crippen molar-refractivity contribution in [2.75, 3.05) is 5.32 Å². The van der Waals surface area contributed by atoms with Crippen molar-refractivity contribution in [3.8, 4) is 0 Å². The summed E-state index contributed by atoms with van der Waals surface area (Å²) in [6.07, 6.45) is 5.34. The van der Waals surface area contributed by atoms with Gasteiger partial charge in [-0.2, -0.15) is 10.2 Å². The van der Waals surface area contributed by atoms with Gasteiger partial charge in [0.05, 0.1) is 11.1 Å². The quantitative estimate of drug-likeness (QED) is 0.735. The number of carbonyl (C=O) groups is 1. The third-order valence-corrected chi connectivity index (χ3v) is 3.51. The van der Waals surface area contributed by atoms with Crippen molar-refractivity contribution in [2.45, 2.75) is 33.4 Å². The van der Waals surface area contributed by atoms with E-state index in [9.17, 15) is 9.59 Å². The molecule has 0 radical (unpaired) electrons. The Labute approximate surface area is 137 Å². The fourth-order valence-electron chi connectivity index (χ4n) is 2.34. The molecule has 3 aromatic rings. The van der Waals surface area contributed by atoms with Crippen molar-refractivity contribution in [3.63, 3.8) is 0 Å². The molecule has 0 unspecified atom stereocenters. The molecule has 3 aromatic heterocycles. The summed E-state index contributed by atoms with van der Waals surface area (Å²) in [5.74, 6) is -0.230. The number of aromatic nitrogens is 6. The average molecular weight is 327 g/mol. The Morgan fingerprint density at radius 2 is 1.96 bits per heavy atom. The number of fused-ring (bicyclic) bond motifs is 1. The molecule has 1 amide bonds. The lowest BCUT2D eigenvalue weighted by atomic mass is 10.2. The van der Waals surface area contributed by atoms with E-state index in [0.29, 0.717) is 29.6 Å². The van der Waals surface area contributed by atoms with Gasteiger partial charge in [-0.15, -0.1) is 0 Å². The van der Waals surface area contributed by atoms with Gasteiger partial charge in [0.25, 0.3) is 5.56 Å². The molecule has 0 aliphatic rings. The lowest BCUT2D eigenvalue weighted by molar-refractivity contribution is -0.117. The van der Waals surface area contributed by atoms with E-state index in [2.05, 4.69) is 25.5 Å². The number of amides is 1. The first-order chi connectivity index (χ1) is 11.6. The van der Waals surface area contributed by atoms with Crippen LogP contribution >= 0.6 is 0 Å². The van der Waals surface area contributed by atoms with Crippen LogP contribution in [0.5, 0.6) is 0 Å². The fraction of sp³-hybridized carbons (Fsp3) is 0.333. The van der Waals surface area contributed by atoms with Crippen LogP contribution in [0.2, 0.25) is 0 Å². The Morgan fingerprint density at radius 3 is 2.62 bits per heavy atom. The molecule has 0 aliphatic heterocycles. The van der Waals surface area contributed by atoms with Gasteiger partial charge in [-0.3, -0.25) is 19.6 Å². The molecule has 0 spiro atoms. The Kier molecular flexibility index (Phi) is 4.32. The normalized spacial score (nSPS) is 10.9. The summed E-state index contributed by atoms with van der Waals surface area (Å²) in [5.41, 5.74) is 0.930. The molecule has 24 heavy (non-hydrogen) atoms. The van der Waals surface area contributed by atoms with Crippen LogP contribution < -0.4 is 10.9 Å². The molecule has 0 saturated carbocycles. The van der Waals surface area contributed by atoms with Crippen LogP contribution in [-0.2, 0) is 24.3 Å². The summed E-state index contributed by atoms with van der Waals surface area (Å²) in [6.45, 7) is 4.32. The third kappa shape index (κ3) is 3.00. The number of nitrogens with one attached hydrogen (secondary N) is 1. The number of nitrogens with zero attached hydrogens (tertiary/aromatic N) is 6. The van der Waals surface area contributed by atoms with Crippen molar-refractivity contribution < 1.29 is 4.79 Å². The van der Waals surface area contributed by atoms with Gasteiger partial charge in [0, 0.05) is 25.1 Å². The van der Waals surface area contributed by atoms with E-state index in [1.807, 2.05) is 13.8 Å². The average Bonchev–Trinajstić information content (AvgIpc) is 3.03. The minimum absolute atomic E-state index is 0.186. The molecular weight excluding hydrogens is 310 g/mol. The van der Waals surface area contributed by atoms with E-state index >= 15 is 0 Å². The van der Waals surface area contributed by atoms with E-state index in [4.69, 9.17) is 0 Å². The van der Waals surface area contributed by atoms with Crippen molar-refractivity contribution in [2.24, 2.45) is 0 Å². The van der Waals surface area contributed by atoms with Crippen LogP contribution in [-0.4, -0.2) is 35.4 Å². The Bertz CT molecular complexity index is 930. The Hall–Kier alpha value is -3.10. The maximum Gasteiger partial charge on any atom is 0.278 e. The summed E-state index contributed by atoms with van der Waals surface area (Å²) < 4.78 is 2.84. The predicted molar refractivity (Wildman–Crippen MR) is 87.5 cm³/mol. The van der Waals surface area contributed by atoms with Crippen LogP contribution in [0, 0.1) is 0 Å². The maximum absolute atomic E-state index is 12.5. The molecule has 3 heterocycles. The second-order valence-electron chi connectivity index (χ2n) is 5.13. The van der Waals surface area contributed by atoms with Gasteiger partial charge in [-0.05, 0) is 19.4 Å². The number of aryl methyl sites for hydroxylation is 2. The van der Waals surface area contributed by atoms with E-state index in [1.54, 1.807) is 16.9 Å². The first-order valence-electron chi connectivity index (χ1n) is 7.66. The Morgan fingerprint density at radius 1 is 1.21 bits per heavy atom. The zero-order chi connectivity index (χ0) is 17.1. The number of hydrogen-bond donors (Lipinski definition) is 1. The summed E-state index contributed by atoms with van der Waals surface area (Å²) in [5, 5.41) is 11.6. The standard InChI is InChI=1S/C15H17N7O2/c1-3-11-13-10(8-21(4-2)20-13)14(24)22(19-11)9-12(23)18-15-16-6-5-7-17-15/h5-8H,3-4,9H2,1-2H3,(H,16,17,18,23). The SMILES string of the molecule is CCc1nn(CC(=O)Nc2ncccn2)c(=O)c2cn(CC)nc12. The van der Waals surface area contributed by atoms with E-state index in [1.165, 1.54) is 12.4 Å². The molecule has 0 saturated heterocycles. The molecule has 0 aliphatic carbocycles. The predicted octanol–water partition coefficient (Wildman–Crippen LogP) is 0.604. The maximum atomic E-state index is 12.5. The highest BCUT2D eigenvalue weighted by atomic mass is 16.2. The number of carbonyl (C=O) groups excluding carboxylic acids is 1. The van der Waals surface area contributed by atoms with Crippen LogP contribution in [0.15, 0.2) is 29.5 Å². The van der Waals surface area contributed by atoms with Crippen molar-refractivity contribution in [3.05, 3.63) is 40.7 Å². The molecule has 124 valence electrons. The highest BCUT2D eigenvalue weighted by Gasteiger charge is 2.15. The van der Waals surface area contributed by atoms with Crippen molar-refractivity contribution in [1.82, 2.24) is 29.5 Å². The third-order valence-electron chi connectivity index (χ3n) is 3.51. The van der Waals surface area contributed by atoms with E-state index in [0.717, 1.165) is 4.68 Å². The molecule has 0 fully saturated rings. The molecule has 9 heteroatoms. The fourth-order valence-corrected chi connectivity index (χ4v) is 2.34. The van der Waals surface area contributed by atoms with Gasteiger partial charge >= 0.3 is 0 Å². The topological polar surface area (TPSA) is 108 Å². The van der Waals surface area contributed by atoms with Gasteiger partial charge in [-0.1, -0.05) is 6.92 Å². The number of anilines is 1. The smallest absolute Gasteiger partial charge is 0.278 e. The summed E-state index contributed by atoms with van der Waals surface area (Å²) in [4.78, 5) is 32.5. The van der Waals surface area contributed by atoms with Gasteiger partial charge in [0.15, 0.2) is 0 Å². The summed E-state index contributed by atoms with van der Waals surface area (Å²) in [6, 6.07) is 1.65. The summed E-state index contributed by atoms with van der Waals surface area (Å²) >= 11 is 0. The molecule has 0 aromatic carbocycles. The molecule has 1 N–H and O–H groups in total.